The molecule has 0 aliphatic rings. The molecule has 0 saturated heterocycles. The third kappa shape index (κ3) is 3.07. The Hall–Kier alpha value is -3.86. The van der Waals surface area contributed by atoms with E-state index in [-0.39, 0.29) is 0 Å². The lowest BCUT2D eigenvalue weighted by Crippen LogP contribution is -2.02. The lowest BCUT2D eigenvalue weighted by Gasteiger charge is -2.19. The third-order valence-electron chi connectivity index (χ3n) is 6.20. The maximum absolute atomic E-state index is 2.40. The van der Waals surface area contributed by atoms with E-state index in [1.807, 2.05) is 22.7 Å². The largest absolute Gasteiger partial charge is 0.308 e. The Morgan fingerprint density at radius 1 is 0.353 bits per heavy atom. The number of nitrogens with zero attached hydrogens (tertiary/aromatic N) is 2. The van der Waals surface area contributed by atoms with Crippen LogP contribution in [0.1, 0.15) is 0 Å². The topological polar surface area (TPSA) is 9.86 Å². The van der Waals surface area contributed by atoms with Crippen LogP contribution in [0, 0.1) is 0 Å². The maximum Gasteiger partial charge on any atom is 0.0656 e. The summed E-state index contributed by atoms with van der Waals surface area (Å²) in [5.41, 5.74) is 7.23. The normalized spacial score (nSPS) is 11.5. The zero-order valence-corrected chi connectivity index (χ0v) is 19.9. The molecule has 0 saturated carbocycles. The molecule has 162 valence electrons. The molecule has 0 bridgehead atoms. The van der Waals surface area contributed by atoms with Gasteiger partial charge in [-0.15, -0.1) is 22.7 Å². The van der Waals surface area contributed by atoms with Crippen molar-refractivity contribution in [2.24, 2.45) is 0 Å². The molecular formula is C30H20N2S2. The van der Waals surface area contributed by atoms with Gasteiger partial charge in [0.05, 0.1) is 40.9 Å². The van der Waals surface area contributed by atoms with E-state index in [4.69, 9.17) is 0 Å². The van der Waals surface area contributed by atoms with Crippen LogP contribution in [-0.2, 0) is 0 Å². The molecule has 0 amide bonds. The summed E-state index contributed by atoms with van der Waals surface area (Å²) in [6.07, 6.45) is 0. The molecule has 7 rings (SSSR count). The predicted octanol–water partition coefficient (Wildman–Crippen LogP) is 9.13. The number of benzene rings is 5. The average molecular weight is 473 g/mol. The maximum atomic E-state index is 2.40. The standard InChI is InChI=1S/C30H20N2S2/c1-3-11-21(12-4-1)31-23-15-7-9-17-27(23)33-29-20-30-26(19-25(29)31)32(22-13-5-2-6-14-22)24-16-8-10-18-28(24)34-30/h1-20H. The van der Waals surface area contributed by atoms with Gasteiger partial charge in [-0.3, -0.25) is 0 Å². The van der Waals surface area contributed by atoms with E-state index in [9.17, 15) is 0 Å². The van der Waals surface area contributed by atoms with Gasteiger partial charge in [0.2, 0.25) is 0 Å². The number of hydrogen-bond acceptors (Lipinski definition) is 2. The summed E-state index contributed by atoms with van der Waals surface area (Å²) >= 11 is 3.72. The Balaban J connectivity index is 1.70. The van der Waals surface area contributed by atoms with Crippen LogP contribution in [0.2, 0.25) is 0 Å². The van der Waals surface area contributed by atoms with Gasteiger partial charge in [-0.05, 0) is 60.7 Å². The molecule has 5 aromatic carbocycles. The minimum atomic E-state index is 1.17. The van der Waals surface area contributed by atoms with Gasteiger partial charge < -0.3 is 9.13 Å². The van der Waals surface area contributed by atoms with Crippen LogP contribution in [0.3, 0.4) is 0 Å². The van der Waals surface area contributed by atoms with Crippen LogP contribution in [-0.4, -0.2) is 9.13 Å². The molecule has 0 aliphatic heterocycles. The molecule has 0 N–H and O–H groups in total. The first-order chi connectivity index (χ1) is 16.9. The molecule has 0 spiro atoms. The second kappa shape index (κ2) is 7.87. The van der Waals surface area contributed by atoms with Crippen LogP contribution in [0.5, 0.6) is 0 Å². The van der Waals surface area contributed by atoms with Crippen molar-refractivity contribution in [2.75, 3.05) is 0 Å². The van der Waals surface area contributed by atoms with E-state index in [0.717, 1.165) is 0 Å². The van der Waals surface area contributed by atoms with Crippen molar-refractivity contribution in [2.45, 2.75) is 0 Å². The Morgan fingerprint density at radius 2 is 0.765 bits per heavy atom. The Labute approximate surface area is 204 Å². The first-order valence-electron chi connectivity index (χ1n) is 11.3. The van der Waals surface area contributed by atoms with Crippen molar-refractivity contribution < 1.29 is 0 Å². The van der Waals surface area contributed by atoms with E-state index < -0.39 is 0 Å². The van der Waals surface area contributed by atoms with E-state index in [0.29, 0.717) is 0 Å². The third-order valence-corrected chi connectivity index (χ3v) is 8.43. The summed E-state index contributed by atoms with van der Waals surface area (Å²) < 4.78 is 9.91. The summed E-state index contributed by atoms with van der Waals surface area (Å²) in [4.78, 5) is 0. The van der Waals surface area contributed by atoms with Crippen molar-refractivity contribution in [1.29, 1.82) is 0 Å². The van der Waals surface area contributed by atoms with Gasteiger partial charge in [0, 0.05) is 11.4 Å². The van der Waals surface area contributed by atoms with Crippen molar-refractivity contribution in [3.05, 3.63) is 121 Å². The van der Waals surface area contributed by atoms with Crippen molar-refractivity contribution in [3.63, 3.8) is 0 Å². The molecule has 2 heterocycles. The fourth-order valence-electron chi connectivity index (χ4n) is 4.72. The number of aromatic nitrogens is 2. The molecular weight excluding hydrogens is 452 g/mol. The molecule has 0 radical (unpaired) electrons. The Bertz CT molecular complexity index is 1720. The van der Waals surface area contributed by atoms with Crippen LogP contribution < -0.4 is 0 Å². The molecule has 7 aromatic rings. The SMILES string of the molecule is c1ccc(-n2c3ccccc3sc3cc4sc5ccccc5n(-c5ccccc5)c4cc32)cc1. The minimum absolute atomic E-state index is 1.17. The highest BCUT2D eigenvalue weighted by Crippen LogP contribution is 2.38. The van der Waals surface area contributed by atoms with Crippen molar-refractivity contribution in [3.8, 4) is 11.4 Å². The van der Waals surface area contributed by atoms with Crippen LogP contribution in [0.25, 0.3) is 52.2 Å². The number of para-hydroxylation sites is 4. The second-order valence-corrected chi connectivity index (χ2v) is 10.4. The molecule has 0 unspecified atom stereocenters. The van der Waals surface area contributed by atoms with Crippen LogP contribution >= 0.6 is 22.7 Å². The Morgan fingerprint density at radius 3 is 1.24 bits per heavy atom. The molecule has 2 nitrogen and oxygen atoms in total. The van der Waals surface area contributed by atoms with Gasteiger partial charge in [-0.1, -0.05) is 60.7 Å². The summed E-state index contributed by atoms with van der Waals surface area (Å²) in [5, 5.41) is 0. The quantitative estimate of drug-likeness (QED) is 0.222. The smallest absolute Gasteiger partial charge is 0.0656 e. The fraction of sp³-hybridized carbons (Fsp3) is 0. The van der Waals surface area contributed by atoms with Gasteiger partial charge in [0.15, 0.2) is 0 Å². The average Bonchev–Trinajstić information content (AvgIpc) is 2.90. The Kier molecular flexibility index (Phi) is 4.54. The van der Waals surface area contributed by atoms with Gasteiger partial charge in [-0.25, -0.2) is 0 Å². The van der Waals surface area contributed by atoms with E-state index >= 15 is 0 Å². The van der Waals surface area contributed by atoms with E-state index in [1.165, 1.54) is 52.2 Å². The first-order valence-corrected chi connectivity index (χ1v) is 12.9. The molecule has 0 atom stereocenters. The highest BCUT2D eigenvalue weighted by Gasteiger charge is 2.14. The summed E-state index contributed by atoms with van der Waals surface area (Å²) in [7, 11) is 0. The molecule has 0 fully saturated rings. The monoisotopic (exact) mass is 472 g/mol. The van der Waals surface area contributed by atoms with E-state index in [1.54, 1.807) is 0 Å². The molecule has 0 aliphatic carbocycles. The molecule has 2 aromatic heterocycles. The van der Waals surface area contributed by atoms with Gasteiger partial charge in [-0.2, -0.15) is 0 Å². The first kappa shape index (κ1) is 19.6. The second-order valence-electron chi connectivity index (χ2n) is 8.27. The van der Waals surface area contributed by atoms with Gasteiger partial charge in [0.1, 0.15) is 0 Å². The summed E-state index contributed by atoms with van der Waals surface area (Å²) in [6.45, 7) is 0. The predicted molar refractivity (Wildman–Crippen MR) is 149 cm³/mol. The lowest BCUT2D eigenvalue weighted by molar-refractivity contribution is 1.15. The minimum Gasteiger partial charge on any atom is -0.308 e. The van der Waals surface area contributed by atoms with Gasteiger partial charge in [0.25, 0.3) is 0 Å². The number of rotatable bonds is 2. The van der Waals surface area contributed by atoms with Crippen molar-refractivity contribution in [1.82, 2.24) is 9.13 Å². The summed E-state index contributed by atoms with van der Waals surface area (Å²) in [6, 6.07) is 43.5. The van der Waals surface area contributed by atoms with Crippen LogP contribution in [0.15, 0.2) is 121 Å². The molecule has 34 heavy (non-hydrogen) atoms. The number of hydrogen-bond donors (Lipinski definition) is 0. The zero-order chi connectivity index (χ0) is 22.5. The van der Waals surface area contributed by atoms with Crippen molar-refractivity contribution >= 4 is 63.5 Å². The van der Waals surface area contributed by atoms with E-state index in [2.05, 4.69) is 130 Å². The lowest BCUT2D eigenvalue weighted by atomic mass is 10.2. The summed E-state index contributed by atoms with van der Waals surface area (Å²) in [5.74, 6) is 0. The number of fused-ring (bicyclic) bond motifs is 4. The molecule has 4 heteroatoms. The van der Waals surface area contributed by atoms with Gasteiger partial charge >= 0.3 is 0 Å². The van der Waals surface area contributed by atoms with Crippen LogP contribution in [0.4, 0.5) is 0 Å². The zero-order valence-electron chi connectivity index (χ0n) is 18.3. The highest BCUT2D eigenvalue weighted by molar-refractivity contribution is 7.26. The highest BCUT2D eigenvalue weighted by atomic mass is 32.1. The fourth-order valence-corrected chi connectivity index (χ4v) is 6.95.